The third kappa shape index (κ3) is 1.84. The summed E-state index contributed by atoms with van der Waals surface area (Å²) >= 11 is 0. The van der Waals surface area contributed by atoms with Gasteiger partial charge in [-0.05, 0) is 24.3 Å². The highest BCUT2D eigenvalue weighted by atomic mass is 19.1. The first-order chi connectivity index (χ1) is 10.8. The Kier molecular flexibility index (Phi) is 2.67. The summed E-state index contributed by atoms with van der Waals surface area (Å²) in [6.45, 7) is 0. The minimum absolute atomic E-state index is 0.303. The lowest BCUT2D eigenvalue weighted by Gasteiger charge is -2.02. The molecule has 2 aromatic heterocycles. The van der Waals surface area contributed by atoms with E-state index in [2.05, 4.69) is 16.0 Å². The summed E-state index contributed by atoms with van der Waals surface area (Å²) in [7, 11) is 0. The fourth-order valence-corrected chi connectivity index (χ4v) is 2.70. The van der Waals surface area contributed by atoms with Crippen LogP contribution in [0, 0.1) is 17.1 Å². The van der Waals surface area contributed by atoms with E-state index in [1.165, 1.54) is 12.1 Å². The molecule has 4 rings (SSSR count). The van der Waals surface area contributed by atoms with Crippen LogP contribution in [0.15, 0.2) is 54.7 Å². The first kappa shape index (κ1) is 12.5. The minimum atomic E-state index is -0.303. The largest absolute Gasteiger partial charge is 0.359 e. The van der Waals surface area contributed by atoms with Crippen molar-refractivity contribution in [1.82, 2.24) is 9.97 Å². The number of para-hydroxylation sites is 1. The normalized spacial score (nSPS) is 10.9. The quantitative estimate of drug-likeness (QED) is 0.564. The summed E-state index contributed by atoms with van der Waals surface area (Å²) in [5.41, 5.74) is 3.65. The molecule has 0 atom stereocenters. The molecule has 4 aromatic rings. The summed E-state index contributed by atoms with van der Waals surface area (Å²) in [4.78, 5) is 7.67. The van der Waals surface area contributed by atoms with Gasteiger partial charge in [0, 0.05) is 28.6 Å². The fourth-order valence-electron chi connectivity index (χ4n) is 2.70. The van der Waals surface area contributed by atoms with Crippen LogP contribution in [0.1, 0.15) is 5.56 Å². The monoisotopic (exact) mass is 287 g/mol. The number of hydrogen-bond acceptors (Lipinski definition) is 2. The Morgan fingerprint density at radius 2 is 1.95 bits per heavy atom. The van der Waals surface area contributed by atoms with Gasteiger partial charge in [0.1, 0.15) is 11.9 Å². The third-order valence-electron chi connectivity index (χ3n) is 3.77. The van der Waals surface area contributed by atoms with Crippen LogP contribution < -0.4 is 0 Å². The van der Waals surface area contributed by atoms with Gasteiger partial charge in [0.05, 0.1) is 22.3 Å². The van der Waals surface area contributed by atoms with E-state index in [0.717, 1.165) is 27.5 Å². The minimum Gasteiger partial charge on any atom is -0.359 e. The molecule has 2 aromatic carbocycles. The van der Waals surface area contributed by atoms with Crippen LogP contribution in [0.4, 0.5) is 4.39 Å². The number of hydrogen-bond donors (Lipinski definition) is 1. The molecule has 0 fully saturated rings. The average Bonchev–Trinajstić information content (AvgIpc) is 2.98. The smallest absolute Gasteiger partial charge is 0.125 e. The van der Waals surface area contributed by atoms with E-state index in [4.69, 9.17) is 5.26 Å². The van der Waals surface area contributed by atoms with Gasteiger partial charge in [0.2, 0.25) is 0 Å². The number of fused-ring (bicyclic) bond motifs is 2. The lowest BCUT2D eigenvalue weighted by molar-refractivity contribution is 0.629. The maximum absolute atomic E-state index is 13.4. The SMILES string of the molecule is N#Cc1cccc2c(-c3ccc4ccc(F)cc4n3)c[nH]c12. The number of nitrogens with one attached hydrogen (secondary N) is 1. The van der Waals surface area contributed by atoms with E-state index in [9.17, 15) is 4.39 Å². The van der Waals surface area contributed by atoms with Gasteiger partial charge in [-0.15, -0.1) is 0 Å². The van der Waals surface area contributed by atoms with Gasteiger partial charge >= 0.3 is 0 Å². The lowest BCUT2D eigenvalue weighted by atomic mass is 10.1. The molecular formula is C18H10FN3. The van der Waals surface area contributed by atoms with Gasteiger partial charge in [-0.25, -0.2) is 9.37 Å². The molecule has 1 N–H and O–H groups in total. The molecule has 0 aliphatic rings. The van der Waals surface area contributed by atoms with Crippen molar-refractivity contribution in [3.05, 3.63) is 66.1 Å². The molecule has 4 heteroatoms. The van der Waals surface area contributed by atoms with Gasteiger partial charge in [-0.2, -0.15) is 5.26 Å². The van der Waals surface area contributed by atoms with Crippen molar-refractivity contribution >= 4 is 21.8 Å². The Morgan fingerprint density at radius 1 is 1.09 bits per heavy atom. The Bertz CT molecular complexity index is 1060. The van der Waals surface area contributed by atoms with E-state index in [1.807, 2.05) is 30.5 Å². The number of H-pyrrole nitrogens is 1. The predicted molar refractivity (Wildman–Crippen MR) is 83.7 cm³/mol. The molecular weight excluding hydrogens is 277 g/mol. The molecule has 0 radical (unpaired) electrons. The van der Waals surface area contributed by atoms with Crippen molar-refractivity contribution in [2.24, 2.45) is 0 Å². The maximum Gasteiger partial charge on any atom is 0.125 e. The second-order valence-corrected chi connectivity index (χ2v) is 5.08. The van der Waals surface area contributed by atoms with Crippen LogP contribution in [0.5, 0.6) is 0 Å². The number of pyridine rings is 1. The maximum atomic E-state index is 13.4. The molecule has 0 aliphatic carbocycles. The first-order valence-corrected chi connectivity index (χ1v) is 6.83. The highest BCUT2D eigenvalue weighted by Crippen LogP contribution is 2.30. The zero-order chi connectivity index (χ0) is 15.1. The van der Waals surface area contributed by atoms with Crippen molar-refractivity contribution in [2.45, 2.75) is 0 Å². The lowest BCUT2D eigenvalue weighted by Crippen LogP contribution is -1.86. The first-order valence-electron chi connectivity index (χ1n) is 6.83. The van der Waals surface area contributed by atoms with Crippen LogP contribution in [-0.2, 0) is 0 Å². The van der Waals surface area contributed by atoms with E-state index in [1.54, 1.807) is 12.1 Å². The van der Waals surface area contributed by atoms with E-state index >= 15 is 0 Å². The molecule has 0 bridgehead atoms. The molecule has 2 heterocycles. The van der Waals surface area contributed by atoms with Gasteiger partial charge in [0.15, 0.2) is 0 Å². The van der Waals surface area contributed by atoms with Crippen molar-refractivity contribution in [2.75, 3.05) is 0 Å². The highest BCUT2D eigenvalue weighted by molar-refractivity contribution is 5.98. The summed E-state index contributed by atoms with van der Waals surface area (Å²) in [6.07, 6.45) is 1.83. The van der Waals surface area contributed by atoms with Gasteiger partial charge in [-0.3, -0.25) is 0 Å². The summed E-state index contributed by atoms with van der Waals surface area (Å²) in [5.74, 6) is -0.303. The zero-order valence-electron chi connectivity index (χ0n) is 11.5. The second kappa shape index (κ2) is 4.68. The molecule has 0 unspecified atom stereocenters. The van der Waals surface area contributed by atoms with Gasteiger partial charge in [-0.1, -0.05) is 18.2 Å². The topological polar surface area (TPSA) is 52.5 Å². The van der Waals surface area contributed by atoms with Crippen molar-refractivity contribution in [1.29, 1.82) is 5.26 Å². The van der Waals surface area contributed by atoms with E-state index < -0.39 is 0 Å². The Hall–Kier alpha value is -3.19. The van der Waals surface area contributed by atoms with Crippen LogP contribution in [-0.4, -0.2) is 9.97 Å². The summed E-state index contributed by atoms with van der Waals surface area (Å²) in [6, 6.07) is 16.1. The Labute approximate surface area is 125 Å². The van der Waals surface area contributed by atoms with E-state index in [-0.39, 0.29) is 5.82 Å². The van der Waals surface area contributed by atoms with Crippen LogP contribution >= 0.6 is 0 Å². The van der Waals surface area contributed by atoms with Crippen LogP contribution in [0.2, 0.25) is 0 Å². The molecule has 3 nitrogen and oxygen atoms in total. The molecule has 0 saturated heterocycles. The van der Waals surface area contributed by atoms with Gasteiger partial charge in [0.25, 0.3) is 0 Å². The van der Waals surface area contributed by atoms with E-state index in [0.29, 0.717) is 11.1 Å². The number of nitrogens with zero attached hydrogens (tertiary/aromatic N) is 2. The number of benzene rings is 2. The predicted octanol–water partition coefficient (Wildman–Crippen LogP) is 4.39. The average molecular weight is 287 g/mol. The molecule has 104 valence electrons. The van der Waals surface area contributed by atoms with Crippen molar-refractivity contribution in [3.63, 3.8) is 0 Å². The van der Waals surface area contributed by atoms with Crippen molar-refractivity contribution < 1.29 is 4.39 Å². The molecule has 0 spiro atoms. The molecule has 0 amide bonds. The Morgan fingerprint density at radius 3 is 2.82 bits per heavy atom. The number of rotatable bonds is 1. The van der Waals surface area contributed by atoms with Crippen molar-refractivity contribution in [3.8, 4) is 17.3 Å². The Balaban J connectivity index is 1.97. The van der Waals surface area contributed by atoms with Crippen LogP contribution in [0.25, 0.3) is 33.1 Å². The standard InChI is InChI=1S/C18H10FN3/c19-13-6-4-11-5-7-16(22-17(11)8-13)15-10-21-18-12(9-20)2-1-3-14(15)18/h1-8,10,21H. The summed E-state index contributed by atoms with van der Waals surface area (Å²) < 4.78 is 13.4. The summed E-state index contributed by atoms with van der Waals surface area (Å²) in [5, 5.41) is 11.0. The number of aromatic amines is 1. The fraction of sp³-hybridized carbons (Fsp3) is 0. The highest BCUT2D eigenvalue weighted by Gasteiger charge is 2.10. The molecule has 0 saturated carbocycles. The molecule has 22 heavy (non-hydrogen) atoms. The third-order valence-corrected chi connectivity index (χ3v) is 3.77. The number of nitriles is 1. The second-order valence-electron chi connectivity index (χ2n) is 5.08. The van der Waals surface area contributed by atoms with Gasteiger partial charge < -0.3 is 4.98 Å². The zero-order valence-corrected chi connectivity index (χ0v) is 11.5. The van der Waals surface area contributed by atoms with Crippen LogP contribution in [0.3, 0.4) is 0 Å². The molecule has 0 aliphatic heterocycles. The number of aromatic nitrogens is 2. The number of halogens is 1.